The van der Waals surface area contributed by atoms with Crippen molar-refractivity contribution in [3.63, 3.8) is 0 Å². The maximum absolute atomic E-state index is 11.6. The molecular formula is C77H69Ir4N9O8-4. The number of hydrogen-bond donors (Lipinski definition) is 3. The Balaban J connectivity index is 0.000000233. The molecule has 12 aromatic rings. The van der Waals surface area contributed by atoms with Gasteiger partial charge in [0.15, 0.2) is 17.7 Å². The van der Waals surface area contributed by atoms with Crippen LogP contribution >= 0.6 is 0 Å². The molecule has 4 radical (unpaired) electrons. The topological polar surface area (TPSA) is 232 Å². The van der Waals surface area contributed by atoms with Crippen LogP contribution < -0.4 is 5.73 Å². The molecule has 17 nitrogen and oxygen atoms in total. The van der Waals surface area contributed by atoms with E-state index in [2.05, 4.69) is 115 Å². The Bertz CT molecular complexity index is 4690. The zero-order valence-corrected chi connectivity index (χ0v) is 64.7. The average Bonchev–Trinajstić information content (AvgIpc) is 1.61. The van der Waals surface area contributed by atoms with E-state index in [1.807, 2.05) is 139 Å². The molecule has 4 heterocycles. The molecule has 21 heteroatoms. The van der Waals surface area contributed by atoms with Crippen molar-refractivity contribution in [2.45, 2.75) is 82.3 Å². The third-order valence-electron chi connectivity index (χ3n) is 15.3. The van der Waals surface area contributed by atoms with Gasteiger partial charge in [-0.25, -0.2) is 9.59 Å². The summed E-state index contributed by atoms with van der Waals surface area (Å²) in [4.78, 5) is 73.5. The van der Waals surface area contributed by atoms with Crippen LogP contribution in [0.1, 0.15) is 110 Å². The molecule has 0 spiro atoms. The number of benzene rings is 8. The summed E-state index contributed by atoms with van der Waals surface area (Å²) in [5, 5.41) is 18.7. The zero-order valence-electron chi connectivity index (χ0n) is 55.1. The van der Waals surface area contributed by atoms with E-state index in [1.165, 1.54) is 22.9 Å². The van der Waals surface area contributed by atoms with E-state index < -0.39 is 17.8 Å². The Hall–Kier alpha value is -9.25. The second kappa shape index (κ2) is 36.4. The van der Waals surface area contributed by atoms with Gasteiger partial charge in [0, 0.05) is 128 Å². The Morgan fingerprint density at radius 3 is 1.23 bits per heavy atom. The van der Waals surface area contributed by atoms with Crippen molar-refractivity contribution >= 4 is 30.6 Å². The van der Waals surface area contributed by atoms with Crippen molar-refractivity contribution in [2.24, 2.45) is 5.73 Å². The van der Waals surface area contributed by atoms with E-state index in [0.29, 0.717) is 35.2 Å². The maximum Gasteiger partial charge on any atom is 0.355 e. The SMILES string of the molecule is CCc1cccc(C)c1-n1cc(C(N)=O)nc1-c1[c-]cccc1.Cc1cc(C)c(-n2cc(C(=O)O)nc2-c2[c-]cccc2)c(C)c1.Cc1cc(C)c(-n2cc(C=O)nc2-c2[c-]cccc2)c(C)c1.Cc1cccc(C)c1-n1cc(C(=O)O)nc1-c1[c-]ccc(COC=O)c1.[Ir].[Ir].[Ir].[Ir]. The summed E-state index contributed by atoms with van der Waals surface area (Å²) < 4.78 is 12.3. The molecule has 0 aliphatic rings. The monoisotopic (exact) mass is 2020 g/mol. The summed E-state index contributed by atoms with van der Waals surface area (Å²) in [5.41, 5.74) is 25.1. The number of imidazole rings is 4. The molecule has 0 saturated carbocycles. The number of aldehydes is 1. The van der Waals surface area contributed by atoms with Gasteiger partial charge in [-0.1, -0.05) is 84.3 Å². The molecular weight excluding hydrogens is 1950 g/mol. The number of hydrogen-bond acceptors (Lipinski definition) is 10. The van der Waals surface area contributed by atoms with Gasteiger partial charge in [-0.05, 0) is 113 Å². The van der Waals surface area contributed by atoms with Crippen LogP contribution in [0.3, 0.4) is 0 Å². The number of para-hydroxylation sites is 2. The molecule has 12 rings (SSSR count). The fourth-order valence-corrected chi connectivity index (χ4v) is 11.5. The summed E-state index contributed by atoms with van der Waals surface area (Å²) in [6.07, 6.45) is 8.24. The van der Waals surface area contributed by atoms with Crippen molar-refractivity contribution < 1.29 is 119 Å². The standard InChI is InChI=1S/C20H17N2O4.C19H18N3O.C19H17N2O2.C19H17N2O.4Ir/c1-13-5-3-6-14(2)18(13)22-10-17(20(24)25)21-19(22)16-8-4-7-15(9-16)11-26-12-23;1-3-14-11-7-8-13(2)17(14)22-12-16(18(20)23)21-19(22)15-9-5-4-6-10-15;1-12-9-13(2)17(14(3)10-12)21-11-16(19(22)23)20-18(21)15-7-5-4-6-8-15;1-13-9-14(2)18(15(3)10-13)21-11-17(12-22)20-19(21)16-7-5-4-6-8-16;;;;/h3-7,9-10,12H,11H2,1-2H3,(H,24,25);4-9,11-12H,3H2,1-2H3,(H2,20,23);4-7,9-11H,1-3H3,(H,22,23);4-7,9-12H,1-3H3;;;;/q4*-1;;;;. The Morgan fingerprint density at radius 1 is 0.449 bits per heavy atom. The van der Waals surface area contributed by atoms with Crippen molar-refractivity contribution in [1.82, 2.24) is 38.2 Å². The first kappa shape index (κ1) is 79.4. The first-order valence-corrected chi connectivity index (χ1v) is 30.1. The van der Waals surface area contributed by atoms with Crippen LogP contribution in [0.15, 0.2) is 176 Å². The van der Waals surface area contributed by atoms with Crippen molar-refractivity contribution in [1.29, 1.82) is 0 Å². The van der Waals surface area contributed by atoms with Crippen LogP contribution in [0, 0.1) is 86.6 Å². The number of rotatable bonds is 16. The van der Waals surface area contributed by atoms with Crippen molar-refractivity contribution in [2.75, 3.05) is 0 Å². The van der Waals surface area contributed by atoms with Gasteiger partial charge in [-0.2, -0.15) is 0 Å². The molecule has 0 atom stereocenters. The maximum atomic E-state index is 11.6. The van der Waals surface area contributed by atoms with E-state index in [0.717, 1.165) is 102 Å². The average molecular weight is 2020 g/mol. The number of nitrogens with two attached hydrogens (primary N) is 1. The molecule has 0 aliphatic heterocycles. The van der Waals surface area contributed by atoms with E-state index >= 15 is 0 Å². The fourth-order valence-electron chi connectivity index (χ4n) is 11.5. The van der Waals surface area contributed by atoms with Gasteiger partial charge in [-0.15, -0.1) is 138 Å². The van der Waals surface area contributed by atoms with Crippen LogP contribution in [-0.2, 0) is 103 Å². The van der Waals surface area contributed by atoms with Gasteiger partial charge in [0.25, 0.3) is 12.4 Å². The van der Waals surface area contributed by atoms with E-state index in [1.54, 1.807) is 47.4 Å². The normalized spacial score (nSPS) is 10.2. The number of carbonyl (C=O) groups excluding carboxylic acids is 3. The van der Waals surface area contributed by atoms with Crippen LogP contribution in [0.5, 0.6) is 0 Å². The molecule has 0 saturated heterocycles. The predicted molar refractivity (Wildman–Crippen MR) is 362 cm³/mol. The number of aromatic nitrogens is 8. The van der Waals surface area contributed by atoms with Gasteiger partial charge < -0.3 is 39.0 Å². The van der Waals surface area contributed by atoms with Crippen LogP contribution in [-0.4, -0.2) is 79.0 Å². The summed E-state index contributed by atoms with van der Waals surface area (Å²) in [5.74, 6) is -0.223. The molecule has 98 heavy (non-hydrogen) atoms. The first-order valence-electron chi connectivity index (χ1n) is 30.1. The number of carboxylic acids is 2. The number of carboxylic acid groups (broad SMARTS) is 2. The van der Waals surface area contributed by atoms with Crippen molar-refractivity contribution in [3.8, 4) is 68.3 Å². The third-order valence-corrected chi connectivity index (χ3v) is 15.3. The fraction of sp³-hybridized carbons (Fsp3) is 0.156. The number of nitrogens with zero attached hydrogens (tertiary/aromatic N) is 8. The Morgan fingerprint density at radius 2 is 0.827 bits per heavy atom. The number of carbonyl (C=O) groups is 5. The van der Waals surface area contributed by atoms with Crippen LogP contribution in [0.4, 0.5) is 0 Å². The molecule has 0 aliphatic carbocycles. The predicted octanol–water partition coefficient (Wildman–Crippen LogP) is 14.7. The minimum atomic E-state index is -1.10. The molecule has 0 bridgehead atoms. The van der Waals surface area contributed by atoms with E-state index in [9.17, 15) is 34.2 Å². The summed E-state index contributed by atoms with van der Waals surface area (Å²) >= 11 is 0. The van der Waals surface area contributed by atoms with Crippen LogP contribution in [0.2, 0.25) is 0 Å². The largest absolute Gasteiger partial charge is 0.476 e. The minimum absolute atomic E-state index is 0. The zero-order chi connectivity index (χ0) is 67.3. The third kappa shape index (κ3) is 18.7. The van der Waals surface area contributed by atoms with Gasteiger partial charge in [0.1, 0.15) is 11.4 Å². The van der Waals surface area contributed by atoms with Gasteiger partial charge in [0.2, 0.25) is 0 Å². The molecule has 8 aromatic carbocycles. The summed E-state index contributed by atoms with van der Waals surface area (Å²) in [6, 6.07) is 61.0. The number of aryl methyl sites for hydroxylation is 10. The van der Waals surface area contributed by atoms with Crippen molar-refractivity contribution in [3.05, 3.63) is 285 Å². The Labute approximate surface area is 624 Å². The second-order valence-corrected chi connectivity index (χ2v) is 22.4. The quantitative estimate of drug-likeness (QED) is 0.0606. The van der Waals surface area contributed by atoms with Gasteiger partial charge in [-0.3, -0.25) is 34.3 Å². The van der Waals surface area contributed by atoms with Gasteiger partial charge in [0.05, 0.1) is 29.9 Å². The Kier molecular flexibility index (Phi) is 29.5. The second-order valence-electron chi connectivity index (χ2n) is 22.4. The van der Waals surface area contributed by atoms with E-state index in [4.69, 9.17) is 10.5 Å². The number of ether oxygens (including phenoxy) is 1. The molecule has 510 valence electrons. The molecule has 0 fully saturated rings. The molecule has 0 unspecified atom stereocenters. The molecule has 1 amide bonds. The first-order chi connectivity index (χ1) is 45.2. The molecule has 4 aromatic heterocycles. The number of primary amides is 1. The number of aromatic carboxylic acids is 2. The van der Waals surface area contributed by atoms with Gasteiger partial charge >= 0.3 is 11.9 Å². The summed E-state index contributed by atoms with van der Waals surface area (Å²) in [7, 11) is 0. The van der Waals surface area contributed by atoms with E-state index in [-0.39, 0.29) is 104 Å². The smallest absolute Gasteiger partial charge is 0.355 e. The summed E-state index contributed by atoms with van der Waals surface area (Å²) in [6.45, 7) is 20.9. The number of amides is 1. The molecule has 4 N–H and O–H groups in total. The van der Waals surface area contributed by atoms with Crippen LogP contribution in [0.25, 0.3) is 68.3 Å². The minimum Gasteiger partial charge on any atom is -0.476 e.